The van der Waals surface area contributed by atoms with Crippen molar-refractivity contribution in [1.82, 2.24) is 0 Å². The first-order chi connectivity index (χ1) is 11.2. The number of hydrogen-bond donors (Lipinski definition) is 0. The molecule has 1 heterocycles. The molecule has 0 saturated carbocycles. The summed E-state index contributed by atoms with van der Waals surface area (Å²) in [6.45, 7) is 0. The minimum absolute atomic E-state index is 0.245. The van der Waals surface area contributed by atoms with Crippen LogP contribution in [0, 0.1) is 0 Å². The van der Waals surface area contributed by atoms with Gasteiger partial charge < -0.3 is 13.9 Å². The van der Waals surface area contributed by atoms with Crippen molar-refractivity contribution in [3.05, 3.63) is 58.3 Å². The van der Waals surface area contributed by atoms with Crippen LogP contribution in [-0.4, -0.2) is 20.5 Å². The Kier molecular flexibility index (Phi) is 3.85. The zero-order valence-corrected chi connectivity index (χ0v) is 12.7. The van der Waals surface area contributed by atoms with Gasteiger partial charge in [0.05, 0.1) is 19.6 Å². The van der Waals surface area contributed by atoms with Gasteiger partial charge in [0.1, 0.15) is 22.8 Å². The van der Waals surface area contributed by atoms with Crippen LogP contribution < -0.4 is 14.9 Å². The van der Waals surface area contributed by atoms with E-state index in [0.717, 1.165) is 5.56 Å². The Morgan fingerprint density at radius 2 is 1.65 bits per heavy atom. The molecule has 0 radical (unpaired) electrons. The number of carbonyl (C=O) groups is 1. The van der Waals surface area contributed by atoms with E-state index in [4.69, 9.17) is 13.9 Å². The third kappa shape index (κ3) is 2.68. The molecule has 5 nitrogen and oxygen atoms in total. The standard InChI is InChI=1S/C18H14O5/c1-21-13-5-3-11(4-6-13)16-9-15(20)18-12(10-19)7-14(22-2)8-17(18)23-16/h3-10H,1-2H3. The molecule has 23 heavy (non-hydrogen) atoms. The zero-order chi connectivity index (χ0) is 16.4. The molecule has 0 spiro atoms. The third-order valence-electron chi connectivity index (χ3n) is 3.57. The molecule has 3 rings (SSSR count). The van der Waals surface area contributed by atoms with Crippen LogP contribution in [0.25, 0.3) is 22.3 Å². The predicted octanol–water partition coefficient (Wildman–Crippen LogP) is 3.29. The van der Waals surface area contributed by atoms with E-state index in [1.807, 2.05) is 0 Å². The van der Waals surface area contributed by atoms with Crippen LogP contribution in [0.3, 0.4) is 0 Å². The second-order valence-corrected chi connectivity index (χ2v) is 4.91. The molecule has 1 aromatic heterocycles. The largest absolute Gasteiger partial charge is 0.497 e. The van der Waals surface area contributed by atoms with Gasteiger partial charge >= 0.3 is 0 Å². The molecule has 0 saturated heterocycles. The van der Waals surface area contributed by atoms with Crippen molar-refractivity contribution in [2.24, 2.45) is 0 Å². The highest BCUT2D eigenvalue weighted by atomic mass is 16.5. The highest BCUT2D eigenvalue weighted by Gasteiger charge is 2.12. The van der Waals surface area contributed by atoms with Gasteiger partial charge in [0.2, 0.25) is 0 Å². The predicted molar refractivity (Wildman–Crippen MR) is 86.4 cm³/mol. The number of rotatable bonds is 4. The van der Waals surface area contributed by atoms with Gasteiger partial charge in [0.15, 0.2) is 11.7 Å². The van der Waals surface area contributed by atoms with Gasteiger partial charge in [-0.25, -0.2) is 0 Å². The average Bonchev–Trinajstić information content (AvgIpc) is 2.60. The van der Waals surface area contributed by atoms with E-state index < -0.39 is 0 Å². The minimum atomic E-state index is -0.276. The Balaban J connectivity index is 2.23. The van der Waals surface area contributed by atoms with E-state index in [1.165, 1.54) is 19.2 Å². The Hall–Kier alpha value is -3.08. The topological polar surface area (TPSA) is 65.7 Å². The average molecular weight is 310 g/mol. The highest BCUT2D eigenvalue weighted by molar-refractivity contribution is 5.97. The molecule has 0 aliphatic heterocycles. The van der Waals surface area contributed by atoms with Crippen molar-refractivity contribution in [1.29, 1.82) is 0 Å². The summed E-state index contributed by atoms with van der Waals surface area (Å²) in [7, 11) is 3.07. The summed E-state index contributed by atoms with van der Waals surface area (Å²) in [4.78, 5) is 23.6. The number of carbonyl (C=O) groups excluding carboxylic acids is 1. The molecule has 5 heteroatoms. The first kappa shape index (κ1) is 14.8. The smallest absolute Gasteiger partial charge is 0.194 e. The Bertz CT molecular complexity index is 923. The van der Waals surface area contributed by atoms with Gasteiger partial charge in [-0.2, -0.15) is 0 Å². The summed E-state index contributed by atoms with van der Waals surface area (Å²) in [6, 6.07) is 11.6. The monoisotopic (exact) mass is 310 g/mol. The fourth-order valence-corrected chi connectivity index (χ4v) is 2.40. The van der Waals surface area contributed by atoms with Crippen LogP contribution in [0.5, 0.6) is 11.5 Å². The second-order valence-electron chi connectivity index (χ2n) is 4.91. The van der Waals surface area contributed by atoms with Gasteiger partial charge in [-0.1, -0.05) is 0 Å². The van der Waals surface area contributed by atoms with Gasteiger partial charge in [-0.15, -0.1) is 0 Å². The van der Waals surface area contributed by atoms with Gasteiger partial charge in [-0.05, 0) is 30.3 Å². The molecular formula is C18H14O5. The van der Waals surface area contributed by atoms with Crippen molar-refractivity contribution in [2.45, 2.75) is 0 Å². The lowest BCUT2D eigenvalue weighted by molar-refractivity contribution is 0.112. The normalized spacial score (nSPS) is 10.5. The van der Waals surface area contributed by atoms with Crippen molar-refractivity contribution in [2.75, 3.05) is 14.2 Å². The Morgan fingerprint density at radius 1 is 0.957 bits per heavy atom. The van der Waals surface area contributed by atoms with Gasteiger partial charge in [-0.3, -0.25) is 9.59 Å². The maximum absolute atomic E-state index is 12.4. The lowest BCUT2D eigenvalue weighted by Gasteiger charge is -2.07. The lowest BCUT2D eigenvalue weighted by Crippen LogP contribution is -2.04. The van der Waals surface area contributed by atoms with Crippen molar-refractivity contribution in [3.63, 3.8) is 0 Å². The molecule has 0 aliphatic carbocycles. The highest BCUT2D eigenvalue weighted by Crippen LogP contribution is 2.27. The first-order valence-corrected chi connectivity index (χ1v) is 6.91. The van der Waals surface area contributed by atoms with E-state index in [9.17, 15) is 9.59 Å². The number of methoxy groups -OCH3 is 2. The van der Waals surface area contributed by atoms with E-state index in [-0.39, 0.29) is 16.4 Å². The molecule has 0 bridgehead atoms. The second kappa shape index (κ2) is 5.96. The first-order valence-electron chi connectivity index (χ1n) is 6.91. The van der Waals surface area contributed by atoms with E-state index >= 15 is 0 Å². The molecule has 2 aromatic carbocycles. The quantitative estimate of drug-likeness (QED) is 0.692. The SMILES string of the molecule is COc1ccc(-c2cc(=O)c3c(C=O)cc(OC)cc3o2)cc1. The van der Waals surface area contributed by atoms with Crippen molar-refractivity contribution >= 4 is 17.3 Å². The maximum atomic E-state index is 12.4. The van der Waals surface area contributed by atoms with E-state index in [2.05, 4.69) is 0 Å². The minimum Gasteiger partial charge on any atom is -0.497 e. The summed E-state index contributed by atoms with van der Waals surface area (Å²) in [5, 5.41) is 0.248. The van der Waals surface area contributed by atoms with Crippen LogP contribution in [-0.2, 0) is 0 Å². The van der Waals surface area contributed by atoms with Crippen LogP contribution in [0.1, 0.15) is 10.4 Å². The fourth-order valence-electron chi connectivity index (χ4n) is 2.40. The number of fused-ring (bicyclic) bond motifs is 1. The summed E-state index contributed by atoms with van der Waals surface area (Å²) >= 11 is 0. The number of aldehydes is 1. The van der Waals surface area contributed by atoms with Crippen LogP contribution in [0.2, 0.25) is 0 Å². The van der Waals surface area contributed by atoms with Crippen LogP contribution >= 0.6 is 0 Å². The maximum Gasteiger partial charge on any atom is 0.194 e. The Labute approximate surface area is 132 Å². The molecule has 116 valence electrons. The molecule has 0 atom stereocenters. The zero-order valence-electron chi connectivity index (χ0n) is 12.7. The number of hydrogen-bond acceptors (Lipinski definition) is 5. The molecule has 0 unspecified atom stereocenters. The molecule has 3 aromatic rings. The number of benzene rings is 2. The van der Waals surface area contributed by atoms with Crippen LogP contribution in [0.4, 0.5) is 0 Å². The van der Waals surface area contributed by atoms with Gasteiger partial charge in [0.25, 0.3) is 0 Å². The van der Waals surface area contributed by atoms with Gasteiger partial charge in [0, 0.05) is 23.3 Å². The summed E-state index contributed by atoms with van der Waals surface area (Å²) < 4.78 is 16.1. The fraction of sp³-hybridized carbons (Fsp3) is 0.111. The Morgan fingerprint density at radius 3 is 2.26 bits per heavy atom. The van der Waals surface area contributed by atoms with E-state index in [1.54, 1.807) is 37.4 Å². The summed E-state index contributed by atoms with van der Waals surface area (Å²) in [5.74, 6) is 1.58. The summed E-state index contributed by atoms with van der Waals surface area (Å²) in [6.07, 6.45) is 0.620. The summed E-state index contributed by atoms with van der Waals surface area (Å²) in [5.41, 5.74) is 1.02. The molecule has 0 aliphatic rings. The number of ether oxygens (including phenoxy) is 2. The van der Waals surface area contributed by atoms with E-state index in [0.29, 0.717) is 29.1 Å². The third-order valence-corrected chi connectivity index (χ3v) is 3.57. The van der Waals surface area contributed by atoms with Crippen LogP contribution in [0.15, 0.2) is 51.7 Å². The molecule has 0 amide bonds. The molecule has 0 fully saturated rings. The molecule has 0 N–H and O–H groups in total. The van der Waals surface area contributed by atoms with Crippen molar-refractivity contribution < 1.29 is 18.7 Å². The lowest BCUT2D eigenvalue weighted by atomic mass is 10.1. The van der Waals surface area contributed by atoms with Crippen molar-refractivity contribution in [3.8, 4) is 22.8 Å². The molecular weight excluding hydrogens is 296 g/mol.